The van der Waals surface area contributed by atoms with E-state index in [9.17, 15) is 9.59 Å². The molecular formula is C28H31N5O5. The summed E-state index contributed by atoms with van der Waals surface area (Å²) in [5.41, 5.74) is 9.14. The maximum Gasteiger partial charge on any atom is 0.321 e. The minimum Gasteiger partial charge on any atom is -0.481 e. The number of nitrogens with zero attached hydrogens (tertiary/aromatic N) is 4. The van der Waals surface area contributed by atoms with Gasteiger partial charge in [-0.15, -0.1) is 0 Å². The molecule has 0 unspecified atom stereocenters. The van der Waals surface area contributed by atoms with Crippen LogP contribution < -0.4 is 20.1 Å². The molecular weight excluding hydrogens is 486 g/mol. The molecule has 2 aromatic heterocycles. The number of pyridine rings is 1. The van der Waals surface area contributed by atoms with Gasteiger partial charge in [-0.3, -0.25) is 14.6 Å². The topological polar surface area (TPSA) is 141 Å². The van der Waals surface area contributed by atoms with Gasteiger partial charge in [0.25, 0.3) is 5.91 Å². The summed E-state index contributed by atoms with van der Waals surface area (Å²) in [6.45, 7) is 0.894. The fourth-order valence-electron chi connectivity index (χ4n) is 5.19. The number of carboxylic acid groups (broad SMARTS) is 1. The van der Waals surface area contributed by atoms with Gasteiger partial charge in [0.05, 0.1) is 13.2 Å². The van der Waals surface area contributed by atoms with Crippen molar-refractivity contribution in [3.8, 4) is 11.9 Å². The molecule has 1 aliphatic carbocycles. The lowest BCUT2D eigenvalue weighted by molar-refractivity contribution is -0.138. The van der Waals surface area contributed by atoms with Crippen LogP contribution in [0.15, 0.2) is 48.7 Å². The van der Waals surface area contributed by atoms with Gasteiger partial charge in [-0.2, -0.15) is 9.97 Å². The molecule has 0 saturated heterocycles. The number of carboxylic acids is 1. The van der Waals surface area contributed by atoms with Crippen LogP contribution in [0, 0.1) is 5.92 Å². The molecule has 1 amide bonds. The van der Waals surface area contributed by atoms with Crippen molar-refractivity contribution in [2.45, 2.75) is 44.4 Å². The second-order valence-corrected chi connectivity index (χ2v) is 9.70. The molecule has 0 atom stereocenters. The third-order valence-corrected chi connectivity index (χ3v) is 7.20. The van der Waals surface area contributed by atoms with Gasteiger partial charge in [0.15, 0.2) is 0 Å². The summed E-state index contributed by atoms with van der Waals surface area (Å²) in [6.07, 6.45) is 6.34. The molecule has 1 aromatic carbocycles. The summed E-state index contributed by atoms with van der Waals surface area (Å²) in [6, 6.07) is 13.7. The zero-order chi connectivity index (χ0) is 26.5. The molecule has 3 aromatic rings. The number of carbonyl (C=O) groups is 2. The summed E-state index contributed by atoms with van der Waals surface area (Å²) in [5.74, 6) is -0.254. The average molecular weight is 518 g/mol. The van der Waals surface area contributed by atoms with E-state index in [0.717, 1.165) is 37.1 Å². The van der Waals surface area contributed by atoms with Gasteiger partial charge in [0.1, 0.15) is 18.0 Å². The Morgan fingerprint density at radius 3 is 2.61 bits per heavy atom. The molecule has 10 heteroatoms. The van der Waals surface area contributed by atoms with Crippen molar-refractivity contribution < 1.29 is 24.2 Å². The third-order valence-electron chi connectivity index (χ3n) is 7.20. The summed E-state index contributed by atoms with van der Waals surface area (Å²) < 4.78 is 11.4. The number of benzene rings is 1. The minimum atomic E-state index is -0.721. The molecule has 1 saturated carbocycles. The Kier molecular flexibility index (Phi) is 7.67. The normalized spacial score (nSPS) is 19.3. The summed E-state index contributed by atoms with van der Waals surface area (Å²) in [4.78, 5) is 38.9. The number of ether oxygens (including phenoxy) is 2. The first-order valence-electron chi connectivity index (χ1n) is 12.9. The third kappa shape index (κ3) is 5.85. The van der Waals surface area contributed by atoms with Crippen molar-refractivity contribution in [2.24, 2.45) is 5.92 Å². The van der Waals surface area contributed by atoms with E-state index in [4.69, 9.17) is 20.3 Å². The van der Waals surface area contributed by atoms with E-state index >= 15 is 0 Å². The summed E-state index contributed by atoms with van der Waals surface area (Å²) in [7, 11) is 0. The molecule has 5 rings (SSSR count). The minimum absolute atomic E-state index is 0.00877. The monoisotopic (exact) mass is 517 g/mol. The number of amides is 1. The highest BCUT2D eigenvalue weighted by Crippen LogP contribution is 2.38. The molecule has 3 N–H and O–H groups in total. The van der Waals surface area contributed by atoms with Crippen molar-refractivity contribution in [1.29, 1.82) is 0 Å². The summed E-state index contributed by atoms with van der Waals surface area (Å²) >= 11 is 0. The zero-order valence-electron chi connectivity index (χ0n) is 21.1. The highest BCUT2D eigenvalue weighted by atomic mass is 16.5. The second kappa shape index (κ2) is 11.5. The van der Waals surface area contributed by atoms with E-state index in [1.54, 1.807) is 11.1 Å². The highest BCUT2D eigenvalue weighted by Gasteiger charge is 2.30. The number of fused-ring (bicyclic) bond motifs is 1. The molecule has 10 nitrogen and oxygen atoms in total. The Labute approximate surface area is 220 Å². The van der Waals surface area contributed by atoms with Crippen molar-refractivity contribution in [2.75, 3.05) is 30.4 Å². The fourth-order valence-corrected chi connectivity index (χ4v) is 5.19. The summed E-state index contributed by atoms with van der Waals surface area (Å²) in [5, 5.41) is 9.05. The highest BCUT2D eigenvalue weighted by molar-refractivity contribution is 6.10. The quantitative estimate of drug-likeness (QED) is 0.455. The molecule has 1 fully saturated rings. The first-order chi connectivity index (χ1) is 18.5. The van der Waals surface area contributed by atoms with Crippen molar-refractivity contribution in [3.63, 3.8) is 0 Å². The Hall–Kier alpha value is -4.21. The van der Waals surface area contributed by atoms with Crippen molar-refractivity contribution in [1.82, 2.24) is 15.0 Å². The van der Waals surface area contributed by atoms with Gasteiger partial charge in [-0.25, -0.2) is 0 Å². The number of nitrogen functional groups attached to an aromatic ring is 1. The van der Waals surface area contributed by atoms with Gasteiger partial charge in [0, 0.05) is 30.4 Å². The van der Waals surface area contributed by atoms with Crippen molar-refractivity contribution >= 4 is 23.4 Å². The van der Waals surface area contributed by atoms with Crippen LogP contribution in [0.3, 0.4) is 0 Å². The van der Waals surface area contributed by atoms with E-state index in [-0.39, 0.29) is 48.1 Å². The molecule has 0 spiro atoms. The number of hydrogen-bond donors (Lipinski definition) is 2. The van der Waals surface area contributed by atoms with Crippen LogP contribution in [-0.4, -0.2) is 51.7 Å². The van der Waals surface area contributed by atoms with E-state index in [0.29, 0.717) is 25.5 Å². The Balaban J connectivity index is 1.25. The lowest BCUT2D eigenvalue weighted by Gasteiger charge is -2.28. The molecule has 0 bridgehead atoms. The van der Waals surface area contributed by atoms with E-state index in [1.807, 2.05) is 30.3 Å². The predicted octanol–water partition coefficient (Wildman–Crippen LogP) is 3.86. The van der Waals surface area contributed by atoms with E-state index < -0.39 is 5.97 Å². The van der Waals surface area contributed by atoms with E-state index in [2.05, 4.69) is 27.1 Å². The number of nitrogens with two attached hydrogens (primary N) is 1. The van der Waals surface area contributed by atoms with E-state index in [1.165, 1.54) is 5.56 Å². The largest absolute Gasteiger partial charge is 0.481 e. The van der Waals surface area contributed by atoms with Crippen LogP contribution >= 0.6 is 0 Å². The Morgan fingerprint density at radius 1 is 1.11 bits per heavy atom. The standard InChI is InChI=1S/C28H31N5O5/c29-25-24-26(32-28(31-25)38-15-12-21-3-1-2-13-30-21)37-16-14-33(27(24)36)22-10-8-20(9-11-22)19-6-4-18(5-7-19)17-23(34)35/h1-3,8-11,13,18-19H,4-7,12,14-17H2,(H,34,35)(H2,29,31,32). The molecule has 1 aliphatic heterocycles. The number of rotatable bonds is 8. The zero-order valence-corrected chi connectivity index (χ0v) is 21.1. The number of aromatic nitrogens is 3. The smallest absolute Gasteiger partial charge is 0.321 e. The first-order valence-corrected chi connectivity index (χ1v) is 12.9. The predicted molar refractivity (Wildman–Crippen MR) is 140 cm³/mol. The SMILES string of the molecule is Nc1nc(OCCc2ccccn2)nc2c1C(=O)N(c1ccc(C3CCC(CC(=O)O)CC3)cc1)CCO2. The van der Waals surface area contributed by atoms with Crippen LogP contribution in [0.25, 0.3) is 0 Å². The first kappa shape index (κ1) is 25.4. The van der Waals surface area contributed by atoms with Crippen molar-refractivity contribution in [3.05, 3.63) is 65.5 Å². The molecule has 38 heavy (non-hydrogen) atoms. The fraction of sp³-hybridized carbons (Fsp3) is 0.393. The Bertz CT molecular complexity index is 1280. The maximum absolute atomic E-state index is 13.5. The van der Waals surface area contributed by atoms with Crippen LogP contribution in [0.1, 0.15) is 59.6 Å². The second-order valence-electron chi connectivity index (χ2n) is 9.70. The van der Waals surface area contributed by atoms with Gasteiger partial charge in [0.2, 0.25) is 5.88 Å². The van der Waals surface area contributed by atoms with Crippen LogP contribution in [0.4, 0.5) is 11.5 Å². The van der Waals surface area contributed by atoms with Gasteiger partial charge < -0.3 is 25.2 Å². The number of hydrogen-bond acceptors (Lipinski definition) is 8. The van der Waals surface area contributed by atoms with Gasteiger partial charge >= 0.3 is 12.0 Å². The molecule has 198 valence electrons. The average Bonchev–Trinajstić information content (AvgIpc) is 3.08. The molecule has 0 radical (unpaired) electrons. The van der Waals surface area contributed by atoms with Crippen LogP contribution in [0.2, 0.25) is 0 Å². The maximum atomic E-state index is 13.5. The number of carbonyl (C=O) groups excluding carboxylic acids is 1. The number of aliphatic carboxylic acids is 1. The van der Waals surface area contributed by atoms with Crippen LogP contribution in [-0.2, 0) is 11.2 Å². The molecule has 2 aliphatic rings. The van der Waals surface area contributed by atoms with Gasteiger partial charge in [-0.05, 0) is 67.3 Å². The van der Waals surface area contributed by atoms with Crippen LogP contribution in [0.5, 0.6) is 11.9 Å². The number of anilines is 2. The lowest BCUT2D eigenvalue weighted by Crippen LogP contribution is -2.32. The Morgan fingerprint density at radius 2 is 1.89 bits per heavy atom. The molecule has 3 heterocycles. The van der Waals surface area contributed by atoms with Gasteiger partial charge in [-0.1, -0.05) is 18.2 Å². The lowest BCUT2D eigenvalue weighted by atomic mass is 9.77.